The fourth-order valence-corrected chi connectivity index (χ4v) is 4.08. The molecular weight excluding hydrogens is 473 g/mol. The van der Waals surface area contributed by atoms with Crippen LogP contribution in [0.3, 0.4) is 0 Å². The zero-order valence-corrected chi connectivity index (χ0v) is 19.1. The Hall–Kier alpha value is -2.81. The van der Waals surface area contributed by atoms with Crippen molar-refractivity contribution in [3.05, 3.63) is 74.6 Å². The minimum atomic E-state index is -0.471. The molecule has 32 heavy (non-hydrogen) atoms. The van der Waals surface area contributed by atoms with E-state index < -0.39 is 17.1 Å². The molecule has 4 amide bonds. The van der Waals surface area contributed by atoms with E-state index in [1.54, 1.807) is 18.2 Å². The molecule has 0 unspecified atom stereocenters. The van der Waals surface area contributed by atoms with Gasteiger partial charge >= 0.3 is 0 Å². The third-order valence-electron chi connectivity index (χ3n) is 4.45. The second-order valence-corrected chi connectivity index (χ2v) is 8.54. The van der Waals surface area contributed by atoms with Crippen molar-refractivity contribution in [3.63, 3.8) is 0 Å². The summed E-state index contributed by atoms with van der Waals surface area (Å²) in [7, 11) is 0. The van der Waals surface area contributed by atoms with Crippen LogP contribution in [0.15, 0.2) is 53.4 Å². The van der Waals surface area contributed by atoms with Gasteiger partial charge in [-0.25, -0.2) is 0 Å². The first-order valence-electron chi connectivity index (χ1n) is 9.62. The second-order valence-electron chi connectivity index (χ2n) is 6.77. The lowest BCUT2D eigenvalue weighted by atomic mass is 10.1. The second kappa shape index (κ2) is 11.2. The lowest BCUT2D eigenvalue weighted by Gasteiger charge is -2.13. The number of halogens is 2. The van der Waals surface area contributed by atoms with E-state index in [0.717, 1.165) is 22.2 Å². The molecule has 1 heterocycles. The average molecular weight is 492 g/mol. The van der Waals surface area contributed by atoms with Gasteiger partial charge in [0.25, 0.3) is 11.1 Å². The van der Waals surface area contributed by atoms with E-state index >= 15 is 0 Å². The van der Waals surface area contributed by atoms with Crippen molar-refractivity contribution in [1.82, 2.24) is 15.5 Å². The van der Waals surface area contributed by atoms with Gasteiger partial charge in [-0.05, 0) is 35.0 Å². The maximum Gasteiger partial charge on any atom is 0.293 e. The molecule has 0 spiro atoms. The van der Waals surface area contributed by atoms with Crippen molar-refractivity contribution >= 4 is 64.0 Å². The summed E-state index contributed by atoms with van der Waals surface area (Å²) in [6.07, 6.45) is 1.69. The number of imide groups is 1. The molecule has 1 saturated heterocycles. The van der Waals surface area contributed by atoms with Crippen LogP contribution < -0.4 is 10.6 Å². The first-order valence-corrected chi connectivity index (χ1v) is 11.2. The van der Waals surface area contributed by atoms with Crippen molar-refractivity contribution in [2.24, 2.45) is 0 Å². The van der Waals surface area contributed by atoms with Crippen molar-refractivity contribution in [3.8, 4) is 0 Å². The molecule has 1 fully saturated rings. The zero-order chi connectivity index (χ0) is 23.1. The topological polar surface area (TPSA) is 95.6 Å². The predicted molar refractivity (Wildman–Crippen MR) is 125 cm³/mol. The standard InChI is InChI=1S/C22H19Cl2N3O4S/c23-16-8-4-7-15(20(16)24)12-17-21(30)27(22(31)32-17)10-9-25-19(29)13-26-18(28)11-14-5-2-1-3-6-14/h1-8,12H,9-11,13H2,(H,25,29)(H,26,28)/b17-12-. The Morgan fingerprint density at radius 2 is 1.72 bits per heavy atom. The number of nitrogens with one attached hydrogen (secondary N) is 2. The highest BCUT2D eigenvalue weighted by molar-refractivity contribution is 8.18. The number of benzene rings is 2. The van der Waals surface area contributed by atoms with Crippen LogP contribution in [-0.2, 0) is 20.8 Å². The number of carbonyl (C=O) groups excluding carboxylic acids is 4. The summed E-state index contributed by atoms with van der Waals surface area (Å²) in [5, 5.41) is 5.32. The van der Waals surface area contributed by atoms with Crippen LogP contribution in [-0.4, -0.2) is 47.5 Å². The fourth-order valence-electron chi connectivity index (χ4n) is 2.86. The summed E-state index contributed by atoms with van der Waals surface area (Å²) < 4.78 is 0. The summed E-state index contributed by atoms with van der Waals surface area (Å²) >= 11 is 12.9. The fraction of sp³-hybridized carbons (Fsp3) is 0.182. The molecule has 10 heteroatoms. The third kappa shape index (κ3) is 6.35. The summed E-state index contributed by atoms with van der Waals surface area (Å²) in [6.45, 7) is -0.119. The van der Waals surface area contributed by atoms with Gasteiger partial charge in [-0.2, -0.15) is 0 Å². The first-order chi connectivity index (χ1) is 15.3. The van der Waals surface area contributed by atoms with Crippen LogP contribution in [0.1, 0.15) is 11.1 Å². The van der Waals surface area contributed by atoms with E-state index in [4.69, 9.17) is 23.2 Å². The summed E-state index contributed by atoms with van der Waals surface area (Å²) in [6, 6.07) is 14.2. The van der Waals surface area contributed by atoms with Gasteiger partial charge in [-0.15, -0.1) is 0 Å². The Bertz CT molecular complexity index is 1080. The van der Waals surface area contributed by atoms with Gasteiger partial charge in [0.2, 0.25) is 11.8 Å². The number of hydrogen-bond acceptors (Lipinski definition) is 5. The molecular formula is C22H19Cl2N3O4S. The van der Waals surface area contributed by atoms with E-state index in [2.05, 4.69) is 10.6 Å². The van der Waals surface area contributed by atoms with Crippen LogP contribution >= 0.6 is 35.0 Å². The molecule has 3 rings (SSSR count). The van der Waals surface area contributed by atoms with E-state index in [0.29, 0.717) is 15.6 Å². The number of carbonyl (C=O) groups is 4. The largest absolute Gasteiger partial charge is 0.353 e. The van der Waals surface area contributed by atoms with E-state index in [-0.39, 0.29) is 36.9 Å². The van der Waals surface area contributed by atoms with Crippen LogP contribution in [0.2, 0.25) is 10.0 Å². The smallest absolute Gasteiger partial charge is 0.293 e. The maximum absolute atomic E-state index is 12.6. The summed E-state index contributed by atoms with van der Waals surface area (Å²) in [4.78, 5) is 49.9. The molecule has 0 bridgehead atoms. The average Bonchev–Trinajstić information content (AvgIpc) is 3.03. The molecule has 0 saturated carbocycles. The third-order valence-corrected chi connectivity index (χ3v) is 6.19. The molecule has 166 valence electrons. The van der Waals surface area contributed by atoms with Crippen molar-refractivity contribution in [1.29, 1.82) is 0 Å². The van der Waals surface area contributed by atoms with E-state index in [9.17, 15) is 19.2 Å². The number of nitrogens with zero attached hydrogens (tertiary/aromatic N) is 1. The highest BCUT2D eigenvalue weighted by Crippen LogP contribution is 2.34. The van der Waals surface area contributed by atoms with E-state index in [1.165, 1.54) is 6.08 Å². The van der Waals surface area contributed by atoms with E-state index in [1.807, 2.05) is 30.3 Å². The number of rotatable bonds is 8. The van der Waals surface area contributed by atoms with Gasteiger partial charge in [0.15, 0.2) is 0 Å². The molecule has 7 nitrogen and oxygen atoms in total. The molecule has 2 N–H and O–H groups in total. The zero-order valence-electron chi connectivity index (χ0n) is 16.8. The Balaban J connectivity index is 1.45. The number of amides is 4. The molecule has 1 aliphatic rings. The summed E-state index contributed by atoms with van der Waals surface area (Å²) in [5.41, 5.74) is 1.38. The lowest BCUT2D eigenvalue weighted by Crippen LogP contribution is -2.41. The molecule has 2 aromatic carbocycles. The molecule has 0 atom stereocenters. The van der Waals surface area contributed by atoms with Gasteiger partial charge in [-0.1, -0.05) is 65.7 Å². The van der Waals surface area contributed by atoms with Crippen LogP contribution in [0, 0.1) is 0 Å². The van der Waals surface area contributed by atoms with Gasteiger partial charge in [0.05, 0.1) is 27.9 Å². The highest BCUT2D eigenvalue weighted by Gasteiger charge is 2.34. The maximum atomic E-state index is 12.6. The summed E-state index contributed by atoms with van der Waals surface area (Å²) in [5.74, 6) is -1.16. The van der Waals surface area contributed by atoms with Gasteiger partial charge in [0.1, 0.15) is 0 Å². The van der Waals surface area contributed by atoms with Crippen LogP contribution in [0.5, 0.6) is 0 Å². The Morgan fingerprint density at radius 1 is 0.969 bits per heavy atom. The lowest BCUT2D eigenvalue weighted by molar-refractivity contribution is -0.126. The molecule has 1 aliphatic heterocycles. The quantitative estimate of drug-likeness (QED) is 0.550. The number of thioether (sulfide) groups is 1. The van der Waals surface area contributed by atoms with Gasteiger partial charge < -0.3 is 10.6 Å². The normalized spacial score (nSPS) is 14.7. The monoisotopic (exact) mass is 491 g/mol. The minimum absolute atomic E-state index is 0.00892. The molecule has 0 aromatic heterocycles. The SMILES string of the molecule is O=C(CNC(=O)Cc1ccccc1)NCCN1C(=O)S/C(=C\c2cccc(Cl)c2Cl)C1=O. The van der Waals surface area contributed by atoms with Crippen molar-refractivity contribution in [2.75, 3.05) is 19.6 Å². The number of hydrogen-bond donors (Lipinski definition) is 2. The van der Waals surface area contributed by atoms with Gasteiger partial charge in [-0.3, -0.25) is 24.1 Å². The first kappa shape index (κ1) is 23.8. The Morgan fingerprint density at radius 3 is 2.47 bits per heavy atom. The molecule has 0 radical (unpaired) electrons. The molecule has 2 aromatic rings. The van der Waals surface area contributed by atoms with Crippen molar-refractivity contribution < 1.29 is 19.2 Å². The van der Waals surface area contributed by atoms with Crippen LogP contribution in [0.4, 0.5) is 4.79 Å². The van der Waals surface area contributed by atoms with Crippen molar-refractivity contribution in [2.45, 2.75) is 6.42 Å². The minimum Gasteiger partial charge on any atom is -0.353 e. The van der Waals surface area contributed by atoms with Crippen LogP contribution in [0.25, 0.3) is 6.08 Å². The molecule has 0 aliphatic carbocycles. The Labute approximate surface area is 199 Å². The highest BCUT2D eigenvalue weighted by atomic mass is 35.5. The van der Waals surface area contributed by atoms with Gasteiger partial charge in [0, 0.05) is 13.1 Å². The predicted octanol–water partition coefficient (Wildman–Crippen LogP) is 3.50. The Kier molecular flexibility index (Phi) is 8.33.